The van der Waals surface area contributed by atoms with Crippen LogP contribution in [0.25, 0.3) is 0 Å². The van der Waals surface area contributed by atoms with Crippen molar-refractivity contribution in [2.75, 3.05) is 7.11 Å². The van der Waals surface area contributed by atoms with Gasteiger partial charge in [0, 0.05) is 24.4 Å². The van der Waals surface area contributed by atoms with E-state index in [1.165, 1.54) is 22.4 Å². The van der Waals surface area contributed by atoms with Gasteiger partial charge in [-0.05, 0) is 48.1 Å². The van der Waals surface area contributed by atoms with E-state index >= 15 is 0 Å². The van der Waals surface area contributed by atoms with Crippen LogP contribution in [0, 0.1) is 0 Å². The molecule has 0 amide bonds. The highest BCUT2D eigenvalue weighted by atomic mass is 16.5. The Labute approximate surface area is 179 Å². The van der Waals surface area contributed by atoms with Gasteiger partial charge in [-0.1, -0.05) is 72.8 Å². The number of methoxy groups -OCH3 is 1. The van der Waals surface area contributed by atoms with Crippen molar-refractivity contribution in [3.8, 4) is 5.75 Å². The highest BCUT2D eigenvalue weighted by Crippen LogP contribution is 2.31. The van der Waals surface area contributed by atoms with E-state index in [-0.39, 0.29) is 0 Å². The van der Waals surface area contributed by atoms with Gasteiger partial charge >= 0.3 is 0 Å². The fourth-order valence-corrected chi connectivity index (χ4v) is 4.01. The first-order chi connectivity index (χ1) is 14.8. The van der Waals surface area contributed by atoms with Crippen molar-refractivity contribution in [2.24, 2.45) is 0 Å². The van der Waals surface area contributed by atoms with Gasteiger partial charge in [-0.2, -0.15) is 0 Å². The molecule has 4 aromatic rings. The summed E-state index contributed by atoms with van der Waals surface area (Å²) < 4.78 is 7.60. The van der Waals surface area contributed by atoms with Gasteiger partial charge in [0.2, 0.25) is 0 Å². The fourth-order valence-electron chi connectivity index (χ4n) is 4.01. The van der Waals surface area contributed by atoms with E-state index in [4.69, 9.17) is 4.74 Å². The molecule has 1 heterocycles. The Bertz CT molecular complexity index is 1020. The van der Waals surface area contributed by atoms with Gasteiger partial charge in [0.1, 0.15) is 5.75 Å². The van der Waals surface area contributed by atoms with Crippen molar-refractivity contribution in [3.05, 3.63) is 120 Å². The highest BCUT2D eigenvalue weighted by Gasteiger charge is 2.15. The maximum atomic E-state index is 5.34. The quantitative estimate of drug-likeness (QED) is 0.342. The van der Waals surface area contributed by atoms with E-state index in [1.807, 2.05) is 12.5 Å². The van der Waals surface area contributed by atoms with Gasteiger partial charge in [-0.15, -0.1) is 0 Å². The molecule has 0 saturated heterocycles. The van der Waals surface area contributed by atoms with Crippen LogP contribution < -0.4 is 4.74 Å². The van der Waals surface area contributed by atoms with Crippen LogP contribution in [0.4, 0.5) is 0 Å². The van der Waals surface area contributed by atoms with Crippen LogP contribution in [0.15, 0.2) is 97.5 Å². The third-order valence-electron chi connectivity index (χ3n) is 5.64. The lowest BCUT2D eigenvalue weighted by atomic mass is 9.87. The third kappa shape index (κ3) is 4.98. The van der Waals surface area contributed by atoms with Crippen LogP contribution in [0.2, 0.25) is 0 Å². The monoisotopic (exact) mass is 396 g/mol. The molecule has 1 atom stereocenters. The number of nitrogens with zero attached hydrogens (tertiary/aromatic N) is 2. The Hall–Kier alpha value is -3.33. The number of hydrogen-bond donors (Lipinski definition) is 0. The Morgan fingerprint density at radius 1 is 0.833 bits per heavy atom. The summed E-state index contributed by atoms with van der Waals surface area (Å²) in [5.41, 5.74) is 5.29. The molecule has 152 valence electrons. The first-order valence-corrected chi connectivity index (χ1v) is 10.6. The van der Waals surface area contributed by atoms with Crippen molar-refractivity contribution in [1.29, 1.82) is 0 Å². The minimum Gasteiger partial charge on any atom is -0.497 e. The summed E-state index contributed by atoms with van der Waals surface area (Å²) in [6, 6.07) is 29.9. The lowest BCUT2D eigenvalue weighted by Crippen LogP contribution is -2.06. The zero-order chi connectivity index (χ0) is 20.6. The average Bonchev–Trinajstić information content (AvgIpc) is 3.25. The molecular weight excluding hydrogens is 368 g/mol. The summed E-state index contributed by atoms with van der Waals surface area (Å²) >= 11 is 0. The standard InChI is InChI=1S/C27H28N2O/c1-30-26-17-15-24(16-18-26)27(23-11-6-3-7-12-23)14-8-13-25-19-28-21-29(25)20-22-9-4-2-5-10-22/h2-7,9-12,15-19,21,27H,8,13-14,20H2,1H3. The zero-order valence-corrected chi connectivity index (χ0v) is 17.4. The van der Waals surface area contributed by atoms with E-state index in [0.29, 0.717) is 5.92 Å². The normalized spacial score (nSPS) is 11.9. The molecular formula is C27H28N2O. The number of aromatic nitrogens is 2. The van der Waals surface area contributed by atoms with Crippen LogP contribution in [-0.4, -0.2) is 16.7 Å². The number of imidazole rings is 1. The van der Waals surface area contributed by atoms with E-state index < -0.39 is 0 Å². The molecule has 1 unspecified atom stereocenters. The topological polar surface area (TPSA) is 27.1 Å². The largest absolute Gasteiger partial charge is 0.497 e. The first-order valence-electron chi connectivity index (χ1n) is 10.6. The summed E-state index contributed by atoms with van der Waals surface area (Å²) in [6.07, 6.45) is 7.17. The van der Waals surface area contributed by atoms with Crippen LogP contribution in [0.5, 0.6) is 5.75 Å². The van der Waals surface area contributed by atoms with Crippen molar-refractivity contribution >= 4 is 0 Å². The average molecular weight is 397 g/mol. The smallest absolute Gasteiger partial charge is 0.118 e. The van der Waals surface area contributed by atoms with Crippen molar-refractivity contribution in [2.45, 2.75) is 31.7 Å². The predicted molar refractivity (Wildman–Crippen MR) is 122 cm³/mol. The summed E-state index contributed by atoms with van der Waals surface area (Å²) in [6.45, 7) is 0.872. The molecule has 3 heteroatoms. The molecule has 0 saturated carbocycles. The van der Waals surface area contributed by atoms with Crippen LogP contribution in [0.1, 0.15) is 41.1 Å². The summed E-state index contributed by atoms with van der Waals surface area (Å²) in [7, 11) is 1.71. The first kappa shape index (κ1) is 20.0. The van der Waals surface area contributed by atoms with Crippen molar-refractivity contribution in [3.63, 3.8) is 0 Å². The minimum atomic E-state index is 0.377. The SMILES string of the molecule is COc1ccc(C(CCCc2cncn2Cc2ccccc2)c2ccccc2)cc1. The van der Waals surface area contributed by atoms with Gasteiger partial charge in [-0.25, -0.2) is 4.98 Å². The molecule has 0 aliphatic rings. The van der Waals surface area contributed by atoms with Gasteiger partial charge < -0.3 is 9.30 Å². The molecule has 1 aromatic heterocycles. The number of rotatable bonds is 9. The maximum Gasteiger partial charge on any atom is 0.118 e. The number of hydrogen-bond acceptors (Lipinski definition) is 2. The molecule has 0 N–H and O–H groups in total. The molecule has 0 aliphatic carbocycles. The lowest BCUT2D eigenvalue weighted by Gasteiger charge is -2.19. The second-order valence-electron chi connectivity index (χ2n) is 7.63. The summed E-state index contributed by atoms with van der Waals surface area (Å²) in [4.78, 5) is 4.40. The molecule has 3 aromatic carbocycles. The van der Waals surface area contributed by atoms with E-state index in [2.05, 4.69) is 94.5 Å². The van der Waals surface area contributed by atoms with Crippen LogP contribution in [0.3, 0.4) is 0 Å². The number of ether oxygens (including phenoxy) is 1. The van der Waals surface area contributed by atoms with Crippen LogP contribution >= 0.6 is 0 Å². The molecule has 4 rings (SSSR count). The molecule has 0 fully saturated rings. The third-order valence-corrected chi connectivity index (χ3v) is 5.64. The molecule has 0 bridgehead atoms. The maximum absolute atomic E-state index is 5.34. The number of benzene rings is 3. The second kappa shape index (κ2) is 9.93. The highest BCUT2D eigenvalue weighted by molar-refractivity contribution is 5.36. The van der Waals surface area contributed by atoms with E-state index in [0.717, 1.165) is 31.6 Å². The Balaban J connectivity index is 1.45. The molecule has 0 aliphatic heterocycles. The molecule has 3 nitrogen and oxygen atoms in total. The Morgan fingerprint density at radius 3 is 2.20 bits per heavy atom. The van der Waals surface area contributed by atoms with Crippen LogP contribution in [-0.2, 0) is 13.0 Å². The van der Waals surface area contributed by atoms with Gasteiger partial charge in [0.25, 0.3) is 0 Å². The molecule has 0 radical (unpaired) electrons. The number of aryl methyl sites for hydroxylation is 1. The summed E-state index contributed by atoms with van der Waals surface area (Å²) in [5, 5.41) is 0. The summed E-state index contributed by atoms with van der Waals surface area (Å²) in [5.74, 6) is 1.28. The predicted octanol–water partition coefficient (Wildman–Crippen LogP) is 6.09. The molecule has 30 heavy (non-hydrogen) atoms. The molecule has 0 spiro atoms. The lowest BCUT2D eigenvalue weighted by molar-refractivity contribution is 0.414. The Kier molecular flexibility index (Phi) is 6.61. The minimum absolute atomic E-state index is 0.377. The van der Waals surface area contributed by atoms with Gasteiger partial charge in [-0.3, -0.25) is 0 Å². The second-order valence-corrected chi connectivity index (χ2v) is 7.63. The van der Waals surface area contributed by atoms with E-state index in [9.17, 15) is 0 Å². The Morgan fingerprint density at radius 2 is 1.50 bits per heavy atom. The van der Waals surface area contributed by atoms with Crippen molar-refractivity contribution < 1.29 is 4.74 Å². The van der Waals surface area contributed by atoms with Gasteiger partial charge in [0.15, 0.2) is 0 Å². The zero-order valence-electron chi connectivity index (χ0n) is 17.4. The van der Waals surface area contributed by atoms with E-state index in [1.54, 1.807) is 7.11 Å². The van der Waals surface area contributed by atoms with Crippen molar-refractivity contribution in [1.82, 2.24) is 9.55 Å². The van der Waals surface area contributed by atoms with Gasteiger partial charge in [0.05, 0.1) is 13.4 Å². The fraction of sp³-hybridized carbons (Fsp3) is 0.222.